The van der Waals surface area contributed by atoms with Crippen LogP contribution in [0.3, 0.4) is 0 Å². The smallest absolute Gasteiger partial charge is 0.264 e. The molecule has 0 radical (unpaired) electrons. The van der Waals surface area contributed by atoms with Crippen molar-refractivity contribution in [1.29, 1.82) is 0 Å². The van der Waals surface area contributed by atoms with Gasteiger partial charge in [0.25, 0.3) is 10.0 Å². The molecule has 0 atom stereocenters. The number of anilines is 2. The zero-order chi connectivity index (χ0) is 14.9. The quantitative estimate of drug-likeness (QED) is 0.856. The number of halogens is 2. The van der Waals surface area contributed by atoms with Crippen molar-refractivity contribution in [3.63, 3.8) is 0 Å². The van der Waals surface area contributed by atoms with Gasteiger partial charge in [-0.1, -0.05) is 12.1 Å². The van der Waals surface area contributed by atoms with Gasteiger partial charge in [-0.2, -0.15) is 0 Å². The predicted octanol–water partition coefficient (Wildman–Crippen LogP) is 2.66. The fraction of sp³-hybridized carbons (Fsp3) is 0.0769. The van der Waals surface area contributed by atoms with E-state index in [1.165, 1.54) is 6.07 Å². The summed E-state index contributed by atoms with van der Waals surface area (Å²) in [7, 11) is -4.17. The van der Waals surface area contributed by atoms with Crippen LogP contribution >= 0.6 is 0 Å². The lowest BCUT2D eigenvalue weighted by Crippen LogP contribution is -2.16. The minimum Gasteiger partial charge on any atom is -0.394 e. The van der Waals surface area contributed by atoms with Crippen LogP contribution in [-0.4, -0.2) is 8.42 Å². The molecule has 4 nitrogen and oxygen atoms in total. The number of nitrogen functional groups attached to an aromatic ring is 1. The summed E-state index contributed by atoms with van der Waals surface area (Å²) in [5.41, 5.74) is 5.45. The molecule has 0 aliphatic carbocycles. The zero-order valence-corrected chi connectivity index (χ0v) is 11.3. The Balaban J connectivity index is 2.44. The van der Waals surface area contributed by atoms with Crippen molar-refractivity contribution < 1.29 is 17.2 Å². The Kier molecular flexibility index (Phi) is 3.63. The van der Waals surface area contributed by atoms with Gasteiger partial charge in [0.15, 0.2) is 5.82 Å². The molecule has 7 heteroatoms. The minimum absolute atomic E-state index is 0.285. The predicted molar refractivity (Wildman–Crippen MR) is 72.8 cm³/mol. The first-order valence-electron chi connectivity index (χ1n) is 5.64. The van der Waals surface area contributed by atoms with Crippen molar-refractivity contribution in [1.82, 2.24) is 0 Å². The first-order valence-corrected chi connectivity index (χ1v) is 7.12. The Morgan fingerprint density at radius 3 is 2.50 bits per heavy atom. The number of rotatable bonds is 3. The van der Waals surface area contributed by atoms with E-state index < -0.39 is 32.2 Å². The summed E-state index contributed by atoms with van der Waals surface area (Å²) >= 11 is 0. The summed E-state index contributed by atoms with van der Waals surface area (Å²) in [6.45, 7) is 1.79. The SMILES string of the molecule is Cc1cccc(NS(=O)(=O)c2ccc(F)c(N)c2F)c1. The summed E-state index contributed by atoms with van der Waals surface area (Å²) in [4.78, 5) is -0.696. The Morgan fingerprint density at radius 2 is 1.85 bits per heavy atom. The second kappa shape index (κ2) is 5.09. The van der Waals surface area contributed by atoms with Crippen molar-refractivity contribution >= 4 is 21.4 Å². The number of nitrogens with one attached hydrogen (secondary N) is 1. The Labute approximate surface area is 115 Å². The maximum atomic E-state index is 13.8. The number of hydrogen-bond acceptors (Lipinski definition) is 3. The van der Waals surface area contributed by atoms with Crippen LogP contribution < -0.4 is 10.5 Å². The molecule has 0 heterocycles. The third-order valence-electron chi connectivity index (χ3n) is 2.65. The minimum atomic E-state index is -4.17. The number of benzene rings is 2. The Morgan fingerprint density at radius 1 is 1.15 bits per heavy atom. The van der Waals surface area contributed by atoms with E-state index in [2.05, 4.69) is 4.72 Å². The van der Waals surface area contributed by atoms with Gasteiger partial charge in [0.05, 0.1) is 0 Å². The van der Waals surface area contributed by atoms with Crippen LogP contribution in [0.5, 0.6) is 0 Å². The van der Waals surface area contributed by atoms with E-state index >= 15 is 0 Å². The largest absolute Gasteiger partial charge is 0.394 e. The Bertz CT molecular complexity index is 761. The van der Waals surface area contributed by atoms with E-state index in [1.54, 1.807) is 25.1 Å². The molecule has 3 N–H and O–H groups in total. The number of aryl methyl sites for hydroxylation is 1. The molecule has 20 heavy (non-hydrogen) atoms. The van der Waals surface area contributed by atoms with E-state index in [0.29, 0.717) is 0 Å². The van der Waals surface area contributed by atoms with Crippen molar-refractivity contribution in [2.45, 2.75) is 11.8 Å². The topological polar surface area (TPSA) is 72.2 Å². The molecule has 0 unspecified atom stereocenters. The molecule has 0 aliphatic rings. The van der Waals surface area contributed by atoms with Gasteiger partial charge in [-0.05, 0) is 36.8 Å². The lowest BCUT2D eigenvalue weighted by atomic mass is 10.2. The van der Waals surface area contributed by atoms with Crippen LogP contribution in [0.15, 0.2) is 41.3 Å². The summed E-state index contributed by atoms with van der Waals surface area (Å²) in [6, 6.07) is 8.19. The number of sulfonamides is 1. The van der Waals surface area contributed by atoms with E-state index in [-0.39, 0.29) is 5.69 Å². The molecule has 0 amide bonds. The van der Waals surface area contributed by atoms with Gasteiger partial charge in [-0.15, -0.1) is 0 Å². The molecular weight excluding hydrogens is 286 g/mol. The molecule has 0 aliphatic heterocycles. The van der Waals surface area contributed by atoms with Gasteiger partial charge < -0.3 is 5.73 Å². The highest BCUT2D eigenvalue weighted by Gasteiger charge is 2.22. The van der Waals surface area contributed by atoms with Crippen molar-refractivity contribution in [2.24, 2.45) is 0 Å². The van der Waals surface area contributed by atoms with E-state index in [9.17, 15) is 17.2 Å². The second-order valence-electron chi connectivity index (χ2n) is 4.25. The van der Waals surface area contributed by atoms with Crippen molar-refractivity contribution in [2.75, 3.05) is 10.5 Å². The summed E-state index contributed by atoms with van der Waals surface area (Å²) in [5.74, 6) is -2.30. The molecule has 2 aromatic carbocycles. The van der Waals surface area contributed by atoms with Crippen LogP contribution in [0.1, 0.15) is 5.56 Å². The Hall–Kier alpha value is -2.15. The molecule has 106 valence electrons. The van der Waals surface area contributed by atoms with Crippen molar-refractivity contribution in [3.05, 3.63) is 53.6 Å². The maximum Gasteiger partial charge on any atom is 0.264 e. The van der Waals surface area contributed by atoms with Crippen molar-refractivity contribution in [3.8, 4) is 0 Å². The lowest BCUT2D eigenvalue weighted by molar-refractivity contribution is 0.557. The first-order chi connectivity index (χ1) is 9.31. The lowest BCUT2D eigenvalue weighted by Gasteiger charge is -2.10. The van der Waals surface area contributed by atoms with Gasteiger partial charge in [-0.3, -0.25) is 4.72 Å². The summed E-state index contributed by atoms with van der Waals surface area (Å²) in [5, 5.41) is 0. The van der Waals surface area contributed by atoms with E-state index in [0.717, 1.165) is 17.7 Å². The van der Waals surface area contributed by atoms with E-state index in [4.69, 9.17) is 5.73 Å². The van der Waals surface area contributed by atoms with Crippen LogP contribution in [0.2, 0.25) is 0 Å². The molecule has 0 bridgehead atoms. The van der Waals surface area contributed by atoms with Crippen LogP contribution in [0.25, 0.3) is 0 Å². The normalized spacial score (nSPS) is 11.3. The molecule has 2 aromatic rings. The number of nitrogens with two attached hydrogens (primary N) is 1. The fourth-order valence-corrected chi connectivity index (χ4v) is 2.82. The molecular formula is C13H12F2N2O2S. The third kappa shape index (κ3) is 2.72. The number of hydrogen-bond donors (Lipinski definition) is 2. The van der Waals surface area contributed by atoms with Gasteiger partial charge in [-0.25, -0.2) is 17.2 Å². The fourth-order valence-electron chi connectivity index (χ4n) is 1.68. The second-order valence-corrected chi connectivity index (χ2v) is 5.90. The molecule has 0 saturated heterocycles. The highest BCUT2D eigenvalue weighted by Crippen LogP contribution is 2.24. The maximum absolute atomic E-state index is 13.8. The van der Waals surface area contributed by atoms with E-state index in [1.807, 2.05) is 0 Å². The highest BCUT2D eigenvalue weighted by atomic mass is 32.2. The van der Waals surface area contributed by atoms with Crippen LogP contribution in [0.4, 0.5) is 20.2 Å². The third-order valence-corrected chi connectivity index (χ3v) is 4.05. The monoisotopic (exact) mass is 298 g/mol. The van der Waals surface area contributed by atoms with Crippen LogP contribution in [-0.2, 0) is 10.0 Å². The highest BCUT2D eigenvalue weighted by molar-refractivity contribution is 7.92. The molecule has 0 saturated carbocycles. The average molecular weight is 298 g/mol. The molecule has 0 aromatic heterocycles. The van der Waals surface area contributed by atoms with Gasteiger partial charge in [0.2, 0.25) is 0 Å². The van der Waals surface area contributed by atoms with Gasteiger partial charge in [0.1, 0.15) is 16.4 Å². The first kappa shape index (κ1) is 14.3. The summed E-state index contributed by atoms with van der Waals surface area (Å²) < 4.78 is 53.2. The standard InChI is InChI=1S/C13H12F2N2O2S/c1-8-3-2-4-9(7-8)17-20(18,19)11-6-5-10(14)13(16)12(11)15/h2-7,17H,16H2,1H3. The summed E-state index contributed by atoms with van der Waals surface area (Å²) in [6.07, 6.45) is 0. The molecule has 0 spiro atoms. The molecule has 2 rings (SSSR count). The van der Waals surface area contributed by atoms with Crippen LogP contribution in [0, 0.1) is 18.6 Å². The van der Waals surface area contributed by atoms with Gasteiger partial charge >= 0.3 is 0 Å². The zero-order valence-electron chi connectivity index (χ0n) is 10.5. The molecule has 0 fully saturated rings. The average Bonchev–Trinajstić information content (AvgIpc) is 2.35. The van der Waals surface area contributed by atoms with Gasteiger partial charge in [0, 0.05) is 5.69 Å².